The molecule has 0 saturated heterocycles. The molecule has 0 amide bonds. The van der Waals surface area contributed by atoms with Gasteiger partial charge in [0.2, 0.25) is 0 Å². The average Bonchev–Trinajstić information content (AvgIpc) is 2.41. The maximum atomic E-state index is 5.91. The minimum atomic E-state index is 0.596. The maximum absolute atomic E-state index is 5.91. The van der Waals surface area contributed by atoms with E-state index in [0.717, 1.165) is 32.6 Å². The Bertz CT molecular complexity index is 789. The first-order valence-electron chi connectivity index (χ1n) is 6.08. The third-order valence-electron chi connectivity index (χ3n) is 2.91. The largest absolute Gasteiger partial charge is 0.339 e. The quantitative estimate of drug-likeness (QED) is 0.700. The van der Waals surface area contributed by atoms with Crippen LogP contribution in [0.3, 0.4) is 0 Å². The Balaban J connectivity index is 2.10. The van der Waals surface area contributed by atoms with Crippen LogP contribution in [0, 0.1) is 6.92 Å². The number of anilines is 2. The van der Waals surface area contributed by atoms with E-state index in [1.54, 1.807) is 6.20 Å². The molecule has 3 aromatic rings. The van der Waals surface area contributed by atoms with Crippen LogP contribution in [-0.2, 0) is 0 Å². The molecule has 0 saturated carbocycles. The summed E-state index contributed by atoms with van der Waals surface area (Å²) in [6.45, 7) is 1.97. The molecule has 1 aromatic carbocycles. The Morgan fingerprint density at radius 1 is 1.20 bits per heavy atom. The molecule has 0 aliphatic carbocycles. The summed E-state index contributed by atoms with van der Waals surface area (Å²) in [5.74, 6) is 0.727. The maximum Gasteiger partial charge on any atom is 0.144 e. The highest BCUT2D eigenvalue weighted by molar-refractivity contribution is 9.10. The van der Waals surface area contributed by atoms with Crippen molar-refractivity contribution in [1.82, 2.24) is 9.97 Å². The number of rotatable bonds is 2. The summed E-state index contributed by atoms with van der Waals surface area (Å²) >= 11 is 9.37. The van der Waals surface area contributed by atoms with Crippen LogP contribution < -0.4 is 5.32 Å². The summed E-state index contributed by atoms with van der Waals surface area (Å²) in [5, 5.41) is 4.98. The summed E-state index contributed by atoms with van der Waals surface area (Å²) in [6.07, 6.45) is 1.62. The Hall–Kier alpha value is -1.65. The van der Waals surface area contributed by atoms with Crippen LogP contribution >= 0.6 is 27.5 Å². The van der Waals surface area contributed by atoms with Crippen molar-refractivity contribution in [1.29, 1.82) is 0 Å². The molecular formula is C15H11BrClN3. The molecule has 0 atom stereocenters. The standard InChI is InChI=1S/C15H11BrClN3/c1-9-6-14(11-4-2-3-5-13(11)19-9)20-15-12(16)7-10(17)8-18-15/h2-8H,1H3,(H,18,19,20). The summed E-state index contributed by atoms with van der Waals surface area (Å²) in [7, 11) is 0. The number of nitrogens with one attached hydrogen (secondary N) is 1. The number of benzene rings is 1. The molecule has 2 aromatic heterocycles. The van der Waals surface area contributed by atoms with Crippen molar-refractivity contribution in [3.8, 4) is 0 Å². The molecule has 0 fully saturated rings. The van der Waals surface area contributed by atoms with Crippen molar-refractivity contribution >= 4 is 49.9 Å². The molecule has 20 heavy (non-hydrogen) atoms. The number of halogens is 2. The second-order valence-electron chi connectivity index (χ2n) is 4.44. The number of aryl methyl sites for hydroxylation is 1. The predicted molar refractivity (Wildman–Crippen MR) is 86.7 cm³/mol. The number of nitrogens with zero attached hydrogens (tertiary/aromatic N) is 2. The Morgan fingerprint density at radius 3 is 2.80 bits per heavy atom. The van der Waals surface area contributed by atoms with Crippen LogP contribution in [0.25, 0.3) is 10.9 Å². The van der Waals surface area contributed by atoms with Gasteiger partial charge in [-0.05, 0) is 41.1 Å². The van der Waals surface area contributed by atoms with Crippen LogP contribution in [0.2, 0.25) is 5.02 Å². The number of hydrogen-bond donors (Lipinski definition) is 1. The highest BCUT2D eigenvalue weighted by Crippen LogP contribution is 2.30. The van der Waals surface area contributed by atoms with Crippen LogP contribution in [0.5, 0.6) is 0 Å². The van der Waals surface area contributed by atoms with Gasteiger partial charge in [-0.1, -0.05) is 29.8 Å². The van der Waals surface area contributed by atoms with Crippen molar-refractivity contribution in [2.45, 2.75) is 6.92 Å². The zero-order chi connectivity index (χ0) is 14.1. The van der Waals surface area contributed by atoms with Gasteiger partial charge in [0, 0.05) is 17.3 Å². The minimum Gasteiger partial charge on any atom is -0.339 e. The van der Waals surface area contributed by atoms with E-state index < -0.39 is 0 Å². The Labute approximate surface area is 130 Å². The normalized spacial score (nSPS) is 10.8. The van der Waals surface area contributed by atoms with Crippen LogP contribution in [0.15, 0.2) is 47.1 Å². The molecule has 3 rings (SSSR count). The Kier molecular flexibility index (Phi) is 3.59. The fourth-order valence-corrected chi connectivity index (χ4v) is 2.78. The molecule has 100 valence electrons. The molecular weight excluding hydrogens is 338 g/mol. The van der Waals surface area contributed by atoms with Gasteiger partial charge in [0.05, 0.1) is 20.7 Å². The van der Waals surface area contributed by atoms with E-state index in [9.17, 15) is 0 Å². The second kappa shape index (κ2) is 5.38. The molecule has 1 N–H and O–H groups in total. The van der Waals surface area contributed by atoms with Crippen LogP contribution in [-0.4, -0.2) is 9.97 Å². The van der Waals surface area contributed by atoms with E-state index in [1.165, 1.54) is 0 Å². The van der Waals surface area contributed by atoms with E-state index in [0.29, 0.717) is 5.02 Å². The molecule has 0 aliphatic rings. The number of aromatic nitrogens is 2. The van der Waals surface area contributed by atoms with Gasteiger partial charge in [-0.2, -0.15) is 0 Å². The summed E-state index contributed by atoms with van der Waals surface area (Å²) in [4.78, 5) is 8.82. The van der Waals surface area contributed by atoms with Crippen molar-refractivity contribution in [3.05, 3.63) is 57.8 Å². The average molecular weight is 349 g/mol. The van der Waals surface area contributed by atoms with Gasteiger partial charge in [-0.3, -0.25) is 4.98 Å². The molecule has 0 bridgehead atoms. The third-order valence-corrected chi connectivity index (χ3v) is 3.72. The smallest absolute Gasteiger partial charge is 0.144 e. The van der Waals surface area contributed by atoms with Crippen LogP contribution in [0.4, 0.5) is 11.5 Å². The molecule has 5 heteroatoms. The van der Waals surface area contributed by atoms with E-state index in [-0.39, 0.29) is 0 Å². The SMILES string of the molecule is Cc1cc(Nc2ncc(Cl)cc2Br)c2ccccc2n1. The Morgan fingerprint density at radius 2 is 2.00 bits per heavy atom. The van der Waals surface area contributed by atoms with Gasteiger partial charge in [0.15, 0.2) is 0 Å². The topological polar surface area (TPSA) is 37.8 Å². The first kappa shape index (κ1) is 13.3. The number of hydrogen-bond acceptors (Lipinski definition) is 3. The zero-order valence-electron chi connectivity index (χ0n) is 10.7. The van der Waals surface area contributed by atoms with Crippen LogP contribution in [0.1, 0.15) is 5.69 Å². The fraction of sp³-hybridized carbons (Fsp3) is 0.0667. The molecule has 0 aliphatic heterocycles. The van der Waals surface area contributed by atoms with E-state index in [1.807, 2.05) is 43.3 Å². The highest BCUT2D eigenvalue weighted by Gasteiger charge is 2.07. The summed E-state index contributed by atoms with van der Waals surface area (Å²) < 4.78 is 0.823. The van der Waals surface area contributed by atoms with Crippen molar-refractivity contribution < 1.29 is 0 Å². The number of pyridine rings is 2. The van der Waals surface area contributed by atoms with Gasteiger partial charge < -0.3 is 5.32 Å². The lowest BCUT2D eigenvalue weighted by atomic mass is 10.1. The lowest BCUT2D eigenvalue weighted by Gasteiger charge is -2.11. The molecule has 0 spiro atoms. The van der Waals surface area contributed by atoms with Gasteiger partial charge >= 0.3 is 0 Å². The third kappa shape index (κ3) is 2.62. The fourth-order valence-electron chi connectivity index (χ4n) is 2.05. The van der Waals surface area contributed by atoms with Crippen molar-refractivity contribution in [3.63, 3.8) is 0 Å². The summed E-state index contributed by atoms with van der Waals surface area (Å²) in [5.41, 5.74) is 2.89. The van der Waals surface area contributed by atoms with Gasteiger partial charge in [0.25, 0.3) is 0 Å². The van der Waals surface area contributed by atoms with Gasteiger partial charge in [-0.15, -0.1) is 0 Å². The lowest BCUT2D eigenvalue weighted by Crippen LogP contribution is -1.97. The summed E-state index contributed by atoms with van der Waals surface area (Å²) in [6, 6.07) is 11.8. The molecule has 3 nitrogen and oxygen atoms in total. The zero-order valence-corrected chi connectivity index (χ0v) is 13.0. The van der Waals surface area contributed by atoms with E-state index in [4.69, 9.17) is 11.6 Å². The minimum absolute atomic E-state index is 0.596. The lowest BCUT2D eigenvalue weighted by molar-refractivity contribution is 1.24. The van der Waals surface area contributed by atoms with Gasteiger partial charge in [0.1, 0.15) is 5.82 Å². The molecule has 2 heterocycles. The monoisotopic (exact) mass is 347 g/mol. The predicted octanol–water partition coefficient (Wildman–Crippen LogP) is 5.10. The molecule has 0 unspecified atom stereocenters. The number of fused-ring (bicyclic) bond motifs is 1. The van der Waals surface area contributed by atoms with E-state index in [2.05, 4.69) is 31.2 Å². The van der Waals surface area contributed by atoms with E-state index >= 15 is 0 Å². The molecule has 0 radical (unpaired) electrons. The van der Waals surface area contributed by atoms with Crippen molar-refractivity contribution in [2.24, 2.45) is 0 Å². The first-order valence-corrected chi connectivity index (χ1v) is 7.25. The number of para-hydroxylation sites is 1. The first-order chi connectivity index (χ1) is 9.63. The van der Waals surface area contributed by atoms with Crippen molar-refractivity contribution in [2.75, 3.05) is 5.32 Å². The second-order valence-corrected chi connectivity index (χ2v) is 5.73. The highest BCUT2D eigenvalue weighted by atomic mass is 79.9. The van der Waals surface area contributed by atoms with Gasteiger partial charge in [-0.25, -0.2) is 4.98 Å².